The predicted octanol–water partition coefficient (Wildman–Crippen LogP) is 4.94. The highest BCUT2D eigenvalue weighted by molar-refractivity contribution is 9.10. The van der Waals surface area contributed by atoms with Gasteiger partial charge < -0.3 is 10.1 Å². The van der Waals surface area contributed by atoms with E-state index >= 15 is 0 Å². The first-order valence-corrected chi connectivity index (χ1v) is 11.8. The summed E-state index contributed by atoms with van der Waals surface area (Å²) < 4.78 is 29.4. The lowest BCUT2D eigenvalue weighted by molar-refractivity contribution is 0.102. The Morgan fingerprint density at radius 3 is 2.31 bits per heavy atom. The highest BCUT2D eigenvalue weighted by Gasteiger charge is 2.17. The number of hydrogen-bond donors (Lipinski definition) is 2. The zero-order valence-corrected chi connectivity index (χ0v) is 20.0. The highest BCUT2D eigenvalue weighted by atomic mass is 79.9. The lowest BCUT2D eigenvalue weighted by Crippen LogP contribution is -2.15. The van der Waals surface area contributed by atoms with E-state index in [1.165, 1.54) is 18.2 Å². The molecule has 0 saturated heterocycles. The van der Waals surface area contributed by atoms with Gasteiger partial charge in [-0.05, 0) is 102 Å². The number of nitrogens with two attached hydrogens (primary N) is 1. The minimum atomic E-state index is -3.85. The summed E-state index contributed by atoms with van der Waals surface area (Å²) in [5.41, 5.74) is 3.78. The first-order chi connectivity index (χ1) is 15.0. The molecule has 0 radical (unpaired) electrons. The number of amides is 1. The molecule has 0 heterocycles. The molecule has 164 valence electrons. The van der Waals surface area contributed by atoms with Crippen molar-refractivity contribution in [2.75, 3.05) is 5.32 Å². The molecule has 0 atom stereocenters. The lowest BCUT2D eigenvalue weighted by atomic mass is 10.0. The number of hydrogen-bond acceptors (Lipinski definition) is 5. The Morgan fingerprint density at radius 2 is 1.72 bits per heavy atom. The van der Waals surface area contributed by atoms with Crippen LogP contribution in [0.25, 0.3) is 0 Å². The van der Waals surface area contributed by atoms with Gasteiger partial charge in [0.2, 0.25) is 10.0 Å². The summed E-state index contributed by atoms with van der Waals surface area (Å²) in [6, 6.07) is 14.8. The molecule has 0 bridgehead atoms. The molecule has 3 aromatic rings. The molecular formula is C23H20BrN3O4S. The fourth-order valence-electron chi connectivity index (χ4n) is 3.07. The van der Waals surface area contributed by atoms with Gasteiger partial charge >= 0.3 is 0 Å². The zero-order chi connectivity index (χ0) is 23.6. The second-order valence-electron chi connectivity index (χ2n) is 7.20. The zero-order valence-electron chi connectivity index (χ0n) is 17.6. The third-order valence-electron chi connectivity index (χ3n) is 5.02. The Hall–Kier alpha value is -3.19. The maximum absolute atomic E-state index is 12.9. The number of rotatable bonds is 5. The van der Waals surface area contributed by atoms with E-state index in [9.17, 15) is 13.2 Å². The van der Waals surface area contributed by atoms with E-state index in [0.717, 1.165) is 16.7 Å². The van der Waals surface area contributed by atoms with Gasteiger partial charge in [-0.25, -0.2) is 13.6 Å². The Bertz CT molecular complexity index is 1380. The van der Waals surface area contributed by atoms with Crippen LogP contribution in [0.2, 0.25) is 0 Å². The van der Waals surface area contributed by atoms with Crippen molar-refractivity contribution in [3.8, 4) is 17.6 Å². The number of nitriles is 1. The largest absolute Gasteiger partial charge is 0.457 e. The van der Waals surface area contributed by atoms with E-state index in [4.69, 9.17) is 15.1 Å². The number of primary sulfonamides is 1. The van der Waals surface area contributed by atoms with Gasteiger partial charge in [0.15, 0.2) is 0 Å². The summed E-state index contributed by atoms with van der Waals surface area (Å²) in [6.45, 7) is 5.54. The quantitative estimate of drug-likeness (QED) is 0.500. The van der Waals surface area contributed by atoms with E-state index in [1.807, 2.05) is 20.8 Å². The average molecular weight is 514 g/mol. The van der Waals surface area contributed by atoms with Crippen LogP contribution in [0.4, 0.5) is 5.69 Å². The maximum atomic E-state index is 12.9. The van der Waals surface area contributed by atoms with Crippen LogP contribution in [0.1, 0.15) is 32.6 Å². The average Bonchev–Trinajstić information content (AvgIpc) is 2.73. The molecule has 0 fully saturated rings. The Balaban J connectivity index is 1.85. The molecular weight excluding hydrogens is 494 g/mol. The van der Waals surface area contributed by atoms with Crippen LogP contribution in [0, 0.1) is 32.1 Å². The summed E-state index contributed by atoms with van der Waals surface area (Å²) >= 11 is 3.26. The third kappa shape index (κ3) is 4.99. The Morgan fingerprint density at radius 1 is 1.03 bits per heavy atom. The van der Waals surface area contributed by atoms with Crippen LogP contribution in [-0.4, -0.2) is 14.3 Å². The second kappa shape index (κ2) is 9.12. The van der Waals surface area contributed by atoms with Crippen molar-refractivity contribution in [1.29, 1.82) is 5.26 Å². The number of aryl methyl sites for hydroxylation is 1. The molecule has 3 rings (SSSR count). The summed E-state index contributed by atoms with van der Waals surface area (Å²) in [4.78, 5) is 12.8. The van der Waals surface area contributed by atoms with Crippen molar-refractivity contribution >= 4 is 37.5 Å². The molecule has 0 aliphatic rings. The van der Waals surface area contributed by atoms with Crippen molar-refractivity contribution in [2.45, 2.75) is 25.7 Å². The van der Waals surface area contributed by atoms with Crippen molar-refractivity contribution in [1.82, 2.24) is 0 Å². The molecule has 0 aromatic heterocycles. The van der Waals surface area contributed by atoms with Gasteiger partial charge in [0.1, 0.15) is 11.5 Å². The lowest BCUT2D eigenvalue weighted by Gasteiger charge is -2.16. The van der Waals surface area contributed by atoms with E-state index < -0.39 is 10.0 Å². The van der Waals surface area contributed by atoms with Crippen LogP contribution in [0.3, 0.4) is 0 Å². The van der Waals surface area contributed by atoms with Crippen molar-refractivity contribution < 1.29 is 17.9 Å². The number of nitrogens with one attached hydrogen (secondary N) is 1. The monoisotopic (exact) mass is 513 g/mol. The summed E-state index contributed by atoms with van der Waals surface area (Å²) in [7, 11) is -3.85. The number of carbonyl (C=O) groups is 1. The van der Waals surface area contributed by atoms with Crippen LogP contribution in [-0.2, 0) is 10.0 Å². The number of nitrogens with zero attached hydrogens (tertiary/aromatic N) is 1. The number of ether oxygens (including phenoxy) is 1. The van der Waals surface area contributed by atoms with Gasteiger partial charge in [-0.1, -0.05) is 0 Å². The van der Waals surface area contributed by atoms with Gasteiger partial charge in [-0.3, -0.25) is 4.79 Å². The summed E-state index contributed by atoms with van der Waals surface area (Å²) in [5.74, 6) is 0.879. The van der Waals surface area contributed by atoms with Crippen LogP contribution in [0.15, 0.2) is 57.9 Å². The first kappa shape index (κ1) is 23.5. The van der Waals surface area contributed by atoms with Gasteiger partial charge in [0.25, 0.3) is 5.91 Å². The fraction of sp³-hybridized carbons (Fsp3) is 0.130. The van der Waals surface area contributed by atoms with Gasteiger partial charge in [0, 0.05) is 10.0 Å². The molecule has 0 spiro atoms. The standard InChI is InChI=1S/C23H20BrN3O4S/c1-13-10-16(12-25)4-8-21(13)31-22-9-6-18(14(2)15(22)3)23(28)27-20-7-5-17(11-19(20)24)32(26,29)30/h4-11H,1-3H3,(H,27,28)(H2,26,29,30). The number of sulfonamides is 1. The first-order valence-electron chi connectivity index (χ1n) is 9.43. The number of carbonyl (C=O) groups excluding carboxylic acids is 1. The van der Waals surface area contributed by atoms with Crippen molar-refractivity contribution in [2.24, 2.45) is 5.14 Å². The van der Waals surface area contributed by atoms with E-state index in [2.05, 4.69) is 27.3 Å². The van der Waals surface area contributed by atoms with E-state index in [1.54, 1.807) is 30.3 Å². The van der Waals surface area contributed by atoms with E-state index in [-0.39, 0.29) is 10.8 Å². The number of anilines is 1. The van der Waals surface area contributed by atoms with Crippen LogP contribution >= 0.6 is 15.9 Å². The normalized spacial score (nSPS) is 11.0. The molecule has 1 amide bonds. The molecule has 32 heavy (non-hydrogen) atoms. The topological polar surface area (TPSA) is 122 Å². The molecule has 0 unspecified atom stereocenters. The minimum absolute atomic E-state index is 0.0611. The molecule has 3 N–H and O–H groups in total. The third-order valence-corrected chi connectivity index (χ3v) is 6.59. The van der Waals surface area contributed by atoms with Gasteiger partial charge in [-0.2, -0.15) is 5.26 Å². The van der Waals surface area contributed by atoms with Gasteiger partial charge in [-0.15, -0.1) is 0 Å². The molecule has 0 aliphatic heterocycles. The fourth-order valence-corrected chi connectivity index (χ4v) is 4.24. The van der Waals surface area contributed by atoms with Crippen LogP contribution < -0.4 is 15.2 Å². The van der Waals surface area contributed by atoms with Crippen LogP contribution in [0.5, 0.6) is 11.5 Å². The second-order valence-corrected chi connectivity index (χ2v) is 9.61. The maximum Gasteiger partial charge on any atom is 0.255 e. The molecule has 7 nitrogen and oxygen atoms in total. The summed E-state index contributed by atoms with van der Waals surface area (Å²) in [6.07, 6.45) is 0. The highest BCUT2D eigenvalue weighted by Crippen LogP contribution is 2.32. The van der Waals surface area contributed by atoms with Crippen molar-refractivity contribution in [3.05, 3.63) is 80.8 Å². The van der Waals surface area contributed by atoms with E-state index in [0.29, 0.717) is 32.8 Å². The number of benzene rings is 3. The molecule has 0 aliphatic carbocycles. The SMILES string of the molecule is Cc1cc(C#N)ccc1Oc1ccc(C(=O)Nc2ccc(S(N)(=O)=O)cc2Br)c(C)c1C. The minimum Gasteiger partial charge on any atom is -0.457 e. The Kier molecular flexibility index (Phi) is 6.69. The summed E-state index contributed by atoms with van der Waals surface area (Å²) in [5, 5.41) is 16.9. The molecule has 0 saturated carbocycles. The predicted molar refractivity (Wildman–Crippen MR) is 125 cm³/mol. The smallest absolute Gasteiger partial charge is 0.255 e. The molecule has 3 aromatic carbocycles. The van der Waals surface area contributed by atoms with Gasteiger partial charge in [0.05, 0.1) is 22.2 Å². The number of halogens is 1. The van der Waals surface area contributed by atoms with Crippen molar-refractivity contribution in [3.63, 3.8) is 0 Å². The Labute approximate surface area is 195 Å². The molecule has 9 heteroatoms.